The fourth-order valence-corrected chi connectivity index (χ4v) is 2.57. The second-order valence-corrected chi connectivity index (χ2v) is 5.50. The predicted octanol–water partition coefficient (Wildman–Crippen LogP) is 1.07. The maximum atomic E-state index is 11.9. The first-order chi connectivity index (χ1) is 10.8. The van der Waals surface area contributed by atoms with Crippen LogP contribution in [0.2, 0.25) is 0 Å². The van der Waals surface area contributed by atoms with Crippen LogP contribution < -0.4 is 0 Å². The first-order valence-corrected chi connectivity index (χ1v) is 7.41. The number of fused-ring (bicyclic) bond motifs is 1. The largest absolute Gasteiger partial charge is 0.463 e. The molecule has 7 heteroatoms. The van der Waals surface area contributed by atoms with Gasteiger partial charge in [0.25, 0.3) is 0 Å². The molecule has 2 heterocycles. The number of cyclic esters (lactones) is 1. The molecular weight excluding hydrogens is 304 g/mol. The van der Waals surface area contributed by atoms with Gasteiger partial charge >= 0.3 is 17.9 Å². The Kier molecular flexibility index (Phi) is 4.89. The molecule has 2 rings (SSSR count). The van der Waals surface area contributed by atoms with Crippen molar-refractivity contribution in [3.05, 3.63) is 23.8 Å². The van der Waals surface area contributed by atoms with E-state index in [2.05, 4.69) is 0 Å². The Balaban J connectivity index is 2.30. The van der Waals surface area contributed by atoms with Crippen LogP contribution in [0.4, 0.5) is 0 Å². The van der Waals surface area contributed by atoms with Crippen LogP contribution in [0.25, 0.3) is 0 Å². The molecule has 0 amide bonds. The third-order valence-electron chi connectivity index (χ3n) is 3.86. The summed E-state index contributed by atoms with van der Waals surface area (Å²) in [4.78, 5) is 34.7. The number of hydrogen-bond acceptors (Lipinski definition) is 7. The van der Waals surface area contributed by atoms with Crippen LogP contribution in [0.5, 0.6) is 0 Å². The lowest BCUT2D eigenvalue weighted by molar-refractivity contribution is -0.161. The molecular formula is C16H20O7. The molecule has 0 aromatic rings. The molecule has 0 saturated carbocycles. The third-order valence-corrected chi connectivity index (χ3v) is 3.86. The maximum absolute atomic E-state index is 11.9. The van der Waals surface area contributed by atoms with Gasteiger partial charge in [-0.3, -0.25) is 4.79 Å². The van der Waals surface area contributed by atoms with Gasteiger partial charge in [-0.15, -0.1) is 0 Å². The average molecular weight is 324 g/mol. The van der Waals surface area contributed by atoms with Crippen molar-refractivity contribution in [3.63, 3.8) is 0 Å². The van der Waals surface area contributed by atoms with Crippen LogP contribution in [-0.2, 0) is 33.3 Å². The minimum absolute atomic E-state index is 0.253. The van der Waals surface area contributed by atoms with Crippen LogP contribution in [0.15, 0.2) is 23.8 Å². The molecule has 0 radical (unpaired) electrons. The molecule has 0 spiro atoms. The normalized spacial score (nSPS) is 33.0. The van der Waals surface area contributed by atoms with Crippen LogP contribution in [0.1, 0.15) is 27.7 Å². The lowest BCUT2D eigenvalue weighted by atomic mass is 9.88. The number of esters is 3. The van der Waals surface area contributed by atoms with Crippen molar-refractivity contribution in [3.8, 4) is 0 Å². The van der Waals surface area contributed by atoms with Crippen molar-refractivity contribution in [1.29, 1.82) is 0 Å². The van der Waals surface area contributed by atoms with Gasteiger partial charge in [0, 0.05) is 13.0 Å². The molecule has 1 fully saturated rings. The maximum Gasteiger partial charge on any atom is 0.337 e. The Morgan fingerprint density at radius 1 is 1.43 bits per heavy atom. The lowest BCUT2D eigenvalue weighted by Gasteiger charge is -2.37. The van der Waals surface area contributed by atoms with Gasteiger partial charge < -0.3 is 18.9 Å². The molecule has 126 valence electrons. The number of hydrogen-bond donors (Lipinski definition) is 0. The summed E-state index contributed by atoms with van der Waals surface area (Å²) in [6.07, 6.45) is 2.16. The highest BCUT2D eigenvalue weighted by Gasteiger charge is 2.54. The Morgan fingerprint density at radius 3 is 2.74 bits per heavy atom. The summed E-state index contributed by atoms with van der Waals surface area (Å²) in [5, 5.41) is 0. The number of carbonyl (C=O) groups excluding carboxylic acids is 3. The number of rotatable bonds is 4. The highest BCUT2D eigenvalue weighted by atomic mass is 16.6. The lowest BCUT2D eigenvalue weighted by Crippen LogP contribution is -2.48. The monoisotopic (exact) mass is 324 g/mol. The standard InChI is InChI=1S/C16H20O7/c1-5-20-14(18)7-6-12-13(22-10(3)17)8-11-15(19)21-9(2)16(11,4)23-12/h6-9,12-13H,5H2,1-4H3/b7-6-/t9-,12+,13?,16+/m0/s1. The second kappa shape index (κ2) is 6.54. The van der Waals surface area contributed by atoms with Crippen LogP contribution in [0.3, 0.4) is 0 Å². The van der Waals surface area contributed by atoms with E-state index in [1.54, 1.807) is 20.8 Å². The summed E-state index contributed by atoms with van der Waals surface area (Å²) in [5.41, 5.74) is -0.644. The van der Waals surface area contributed by atoms with Crippen molar-refractivity contribution >= 4 is 17.9 Å². The zero-order valence-electron chi connectivity index (χ0n) is 13.5. The molecule has 0 N–H and O–H groups in total. The van der Waals surface area contributed by atoms with Crippen LogP contribution >= 0.6 is 0 Å². The van der Waals surface area contributed by atoms with Gasteiger partial charge in [-0.25, -0.2) is 9.59 Å². The van der Waals surface area contributed by atoms with Crippen molar-refractivity contribution < 1.29 is 33.3 Å². The molecule has 4 atom stereocenters. The smallest absolute Gasteiger partial charge is 0.337 e. The van der Waals surface area contributed by atoms with E-state index >= 15 is 0 Å². The molecule has 7 nitrogen and oxygen atoms in total. The van der Waals surface area contributed by atoms with Gasteiger partial charge in [0.05, 0.1) is 12.2 Å². The molecule has 1 saturated heterocycles. The van der Waals surface area contributed by atoms with Crippen LogP contribution in [0, 0.1) is 0 Å². The van der Waals surface area contributed by atoms with Gasteiger partial charge in [-0.1, -0.05) is 0 Å². The van der Waals surface area contributed by atoms with E-state index in [1.165, 1.54) is 25.2 Å². The van der Waals surface area contributed by atoms with E-state index in [-0.39, 0.29) is 6.61 Å². The average Bonchev–Trinajstić information content (AvgIpc) is 2.67. The molecule has 0 bridgehead atoms. The minimum Gasteiger partial charge on any atom is -0.463 e. The van der Waals surface area contributed by atoms with E-state index in [9.17, 15) is 14.4 Å². The Hall–Kier alpha value is -2.15. The molecule has 1 unspecified atom stereocenters. The fourth-order valence-electron chi connectivity index (χ4n) is 2.57. The van der Waals surface area contributed by atoms with Crippen molar-refractivity contribution in [2.24, 2.45) is 0 Å². The van der Waals surface area contributed by atoms with Crippen molar-refractivity contribution in [2.75, 3.05) is 6.61 Å². The zero-order chi connectivity index (χ0) is 17.2. The Labute approximate surface area is 134 Å². The Bertz CT molecular complexity index is 577. The molecule has 0 aromatic carbocycles. The summed E-state index contributed by atoms with van der Waals surface area (Å²) in [6.45, 7) is 6.65. The predicted molar refractivity (Wildman–Crippen MR) is 78.2 cm³/mol. The van der Waals surface area contributed by atoms with E-state index in [4.69, 9.17) is 18.9 Å². The van der Waals surface area contributed by atoms with Gasteiger partial charge in [0.15, 0.2) is 6.10 Å². The van der Waals surface area contributed by atoms with E-state index in [0.717, 1.165) is 0 Å². The van der Waals surface area contributed by atoms with Gasteiger partial charge in [-0.2, -0.15) is 0 Å². The minimum atomic E-state index is -0.961. The first-order valence-electron chi connectivity index (χ1n) is 7.41. The summed E-state index contributed by atoms with van der Waals surface area (Å²) < 4.78 is 21.1. The quantitative estimate of drug-likeness (QED) is 0.434. The Morgan fingerprint density at radius 2 is 2.13 bits per heavy atom. The first kappa shape index (κ1) is 17.2. The van der Waals surface area contributed by atoms with E-state index < -0.39 is 41.8 Å². The van der Waals surface area contributed by atoms with Crippen molar-refractivity contribution in [2.45, 2.75) is 51.6 Å². The summed E-state index contributed by atoms with van der Waals surface area (Å²) in [7, 11) is 0. The molecule has 2 aliphatic heterocycles. The summed E-state index contributed by atoms with van der Waals surface area (Å²) in [6, 6.07) is 0. The zero-order valence-corrected chi connectivity index (χ0v) is 13.5. The van der Waals surface area contributed by atoms with Crippen molar-refractivity contribution in [1.82, 2.24) is 0 Å². The SMILES string of the molecule is CCOC(=O)/C=C\[C@H]1O[C@@]2(C)C(=CC1OC(C)=O)C(=O)O[C@H]2C. The number of carbonyl (C=O) groups is 3. The molecule has 23 heavy (non-hydrogen) atoms. The topological polar surface area (TPSA) is 88.1 Å². The van der Waals surface area contributed by atoms with Crippen LogP contribution in [-0.4, -0.2) is 48.4 Å². The van der Waals surface area contributed by atoms with E-state index in [0.29, 0.717) is 5.57 Å². The second-order valence-electron chi connectivity index (χ2n) is 5.50. The summed E-state index contributed by atoms with van der Waals surface area (Å²) in [5.74, 6) is -1.54. The van der Waals surface area contributed by atoms with E-state index in [1.807, 2.05) is 0 Å². The molecule has 0 aliphatic carbocycles. The molecule has 2 aliphatic rings. The fraction of sp³-hybridized carbons (Fsp3) is 0.562. The van der Waals surface area contributed by atoms with Gasteiger partial charge in [0.2, 0.25) is 0 Å². The highest BCUT2D eigenvalue weighted by Crippen LogP contribution is 2.41. The third kappa shape index (κ3) is 3.44. The van der Waals surface area contributed by atoms with Gasteiger partial charge in [-0.05, 0) is 32.9 Å². The molecule has 0 aromatic heterocycles. The number of ether oxygens (including phenoxy) is 4. The van der Waals surface area contributed by atoms with Gasteiger partial charge in [0.1, 0.15) is 17.8 Å². The highest BCUT2D eigenvalue weighted by molar-refractivity contribution is 5.94. The summed E-state index contributed by atoms with van der Waals surface area (Å²) >= 11 is 0.